The van der Waals surface area contributed by atoms with Crippen LogP contribution in [0.15, 0.2) is 35.5 Å². The maximum atomic E-state index is 12.6. The van der Waals surface area contributed by atoms with E-state index in [1.165, 1.54) is 4.90 Å². The summed E-state index contributed by atoms with van der Waals surface area (Å²) in [5.74, 6) is -0.744. The fourth-order valence-electron chi connectivity index (χ4n) is 3.88. The summed E-state index contributed by atoms with van der Waals surface area (Å²) in [5, 5.41) is 0.956. The summed E-state index contributed by atoms with van der Waals surface area (Å²) in [6.45, 7) is 2.63. The molecule has 7 heteroatoms. The zero-order chi connectivity index (χ0) is 19.6. The Morgan fingerprint density at radius 3 is 2.81 bits per heavy atom. The van der Waals surface area contributed by atoms with Gasteiger partial charge < -0.3 is 4.90 Å². The Morgan fingerprint density at radius 2 is 2.11 bits per heavy atom. The van der Waals surface area contributed by atoms with Crippen LogP contribution in [-0.4, -0.2) is 48.3 Å². The number of carbonyl (C=O) groups is 1. The van der Waals surface area contributed by atoms with Gasteiger partial charge in [-0.3, -0.25) is 14.8 Å². The molecule has 2 atom stereocenters. The highest BCUT2D eigenvalue weighted by molar-refractivity contribution is 5.99. The monoisotopic (exact) mass is 377 g/mol. The third kappa shape index (κ3) is 4.46. The predicted octanol–water partition coefficient (Wildman–Crippen LogP) is 4.19. The molecule has 1 aliphatic rings. The van der Waals surface area contributed by atoms with Crippen molar-refractivity contribution in [2.24, 2.45) is 10.9 Å². The van der Waals surface area contributed by atoms with Gasteiger partial charge in [-0.1, -0.05) is 25.1 Å². The number of rotatable bonds is 3. The average Bonchev–Trinajstić information content (AvgIpc) is 2.60. The molecule has 1 fully saturated rings. The van der Waals surface area contributed by atoms with E-state index in [2.05, 4.69) is 9.98 Å². The van der Waals surface area contributed by atoms with E-state index >= 15 is 0 Å². The number of piperidine rings is 1. The Morgan fingerprint density at radius 1 is 1.33 bits per heavy atom. The molecule has 0 saturated carbocycles. The maximum Gasteiger partial charge on any atom is 0.397 e. The zero-order valence-corrected chi connectivity index (χ0v) is 15.3. The lowest BCUT2D eigenvalue weighted by Gasteiger charge is -2.37. The summed E-state index contributed by atoms with van der Waals surface area (Å²) in [5.41, 5.74) is 2.72. The Balaban J connectivity index is 1.94. The second-order valence-corrected chi connectivity index (χ2v) is 7.16. The Hall–Kier alpha value is -2.44. The fourth-order valence-corrected chi connectivity index (χ4v) is 3.88. The average molecular weight is 377 g/mol. The van der Waals surface area contributed by atoms with Crippen LogP contribution >= 0.6 is 0 Å². The van der Waals surface area contributed by atoms with E-state index in [1.807, 2.05) is 31.2 Å². The van der Waals surface area contributed by atoms with Crippen LogP contribution in [0.2, 0.25) is 0 Å². The van der Waals surface area contributed by atoms with Gasteiger partial charge in [0, 0.05) is 49.4 Å². The largest absolute Gasteiger partial charge is 0.397 e. The van der Waals surface area contributed by atoms with Crippen LogP contribution in [0.4, 0.5) is 13.2 Å². The number of fused-ring (bicyclic) bond motifs is 1. The highest BCUT2D eigenvalue weighted by Gasteiger charge is 2.36. The molecule has 1 amide bonds. The van der Waals surface area contributed by atoms with Crippen molar-refractivity contribution in [1.82, 2.24) is 9.88 Å². The minimum atomic E-state index is -4.48. The number of aliphatic imine (C=N–C) groups is 1. The van der Waals surface area contributed by atoms with Crippen LogP contribution in [-0.2, 0) is 4.79 Å². The van der Waals surface area contributed by atoms with E-state index < -0.39 is 18.5 Å². The summed E-state index contributed by atoms with van der Waals surface area (Å²) in [7, 11) is 1.69. The molecule has 1 aromatic heterocycles. The highest BCUT2D eigenvalue weighted by Crippen LogP contribution is 2.35. The maximum absolute atomic E-state index is 12.6. The first-order valence-electron chi connectivity index (χ1n) is 8.93. The van der Waals surface area contributed by atoms with Crippen LogP contribution in [0.1, 0.15) is 36.8 Å². The quantitative estimate of drug-likeness (QED) is 0.753. The minimum Gasteiger partial charge on any atom is -0.342 e. The third-order valence-electron chi connectivity index (χ3n) is 4.91. The molecule has 1 unspecified atom stereocenters. The molecule has 4 nitrogen and oxygen atoms in total. The van der Waals surface area contributed by atoms with Gasteiger partial charge >= 0.3 is 6.18 Å². The first-order valence-corrected chi connectivity index (χ1v) is 8.93. The lowest BCUT2D eigenvalue weighted by Crippen LogP contribution is -2.43. The van der Waals surface area contributed by atoms with Crippen LogP contribution in [0.25, 0.3) is 10.9 Å². The number of pyridine rings is 1. The molecule has 144 valence electrons. The van der Waals surface area contributed by atoms with Crippen molar-refractivity contribution in [2.75, 3.05) is 20.1 Å². The highest BCUT2D eigenvalue weighted by atomic mass is 19.4. The normalized spacial score (nSPS) is 21.1. The van der Waals surface area contributed by atoms with Crippen molar-refractivity contribution < 1.29 is 18.0 Å². The SMILES string of the molecule is CN=Cc1ccc([C@@H]2CC(C)CN(C(=O)CC(F)(F)F)C2)c2cccnc12. The van der Waals surface area contributed by atoms with Crippen molar-refractivity contribution in [3.8, 4) is 0 Å². The molecular formula is C20H22F3N3O. The van der Waals surface area contributed by atoms with Crippen molar-refractivity contribution in [1.29, 1.82) is 0 Å². The zero-order valence-electron chi connectivity index (χ0n) is 15.3. The molecule has 1 aromatic carbocycles. The third-order valence-corrected chi connectivity index (χ3v) is 4.91. The summed E-state index contributed by atoms with van der Waals surface area (Å²) >= 11 is 0. The van der Waals surface area contributed by atoms with Crippen molar-refractivity contribution >= 4 is 23.0 Å². The molecule has 0 bridgehead atoms. The first kappa shape index (κ1) is 19.3. The van der Waals surface area contributed by atoms with Gasteiger partial charge in [-0.05, 0) is 24.0 Å². The second-order valence-electron chi connectivity index (χ2n) is 7.16. The van der Waals surface area contributed by atoms with Crippen LogP contribution in [0, 0.1) is 5.92 Å². The van der Waals surface area contributed by atoms with E-state index in [4.69, 9.17) is 0 Å². The van der Waals surface area contributed by atoms with Crippen molar-refractivity contribution in [3.63, 3.8) is 0 Å². The minimum absolute atomic E-state index is 0.0229. The molecule has 3 rings (SSSR count). The van der Waals surface area contributed by atoms with Crippen LogP contribution < -0.4 is 0 Å². The standard InChI is InChI=1S/C20H22F3N3O/c1-13-8-15(12-26(11-13)18(27)9-20(21,22)23)16-6-5-14(10-24-2)19-17(16)4-3-7-25-19/h3-7,10,13,15H,8-9,11-12H2,1-2H3/t13?,15-/m1/s1. The summed E-state index contributed by atoms with van der Waals surface area (Å²) in [4.78, 5) is 22.0. The lowest BCUT2D eigenvalue weighted by atomic mass is 9.83. The van der Waals surface area contributed by atoms with Gasteiger partial charge in [0.15, 0.2) is 0 Å². The van der Waals surface area contributed by atoms with E-state index in [0.717, 1.165) is 28.5 Å². The molecule has 27 heavy (non-hydrogen) atoms. The predicted molar refractivity (Wildman–Crippen MR) is 99.0 cm³/mol. The van der Waals surface area contributed by atoms with Gasteiger partial charge in [0.05, 0.1) is 5.52 Å². The summed E-state index contributed by atoms with van der Waals surface area (Å²) in [6, 6.07) is 7.72. The number of benzene rings is 1. The Kier molecular flexibility index (Phi) is 5.48. The van der Waals surface area contributed by atoms with Gasteiger partial charge in [0.25, 0.3) is 0 Å². The number of carbonyl (C=O) groups excluding carboxylic acids is 1. The molecule has 1 aliphatic heterocycles. The number of aromatic nitrogens is 1. The summed E-state index contributed by atoms with van der Waals surface area (Å²) < 4.78 is 37.9. The number of alkyl halides is 3. The molecule has 1 saturated heterocycles. The number of hydrogen-bond donors (Lipinski definition) is 0. The molecular weight excluding hydrogens is 355 g/mol. The van der Waals surface area contributed by atoms with E-state index in [9.17, 15) is 18.0 Å². The number of nitrogens with zero attached hydrogens (tertiary/aromatic N) is 3. The molecule has 0 radical (unpaired) electrons. The summed E-state index contributed by atoms with van der Waals surface area (Å²) in [6.07, 6.45) is -1.61. The van der Waals surface area contributed by atoms with Gasteiger partial charge in [-0.25, -0.2) is 0 Å². The van der Waals surface area contributed by atoms with Gasteiger partial charge in [-0.2, -0.15) is 13.2 Å². The molecule has 0 spiro atoms. The van der Waals surface area contributed by atoms with E-state index in [0.29, 0.717) is 13.1 Å². The van der Waals surface area contributed by atoms with Gasteiger partial charge in [0.2, 0.25) is 5.91 Å². The molecule has 0 N–H and O–H groups in total. The van der Waals surface area contributed by atoms with Crippen molar-refractivity contribution in [2.45, 2.75) is 31.9 Å². The van der Waals surface area contributed by atoms with Crippen LogP contribution in [0.5, 0.6) is 0 Å². The van der Waals surface area contributed by atoms with Crippen LogP contribution in [0.3, 0.4) is 0 Å². The van der Waals surface area contributed by atoms with Gasteiger partial charge in [0.1, 0.15) is 6.42 Å². The van der Waals surface area contributed by atoms with Gasteiger partial charge in [-0.15, -0.1) is 0 Å². The first-order chi connectivity index (χ1) is 12.8. The number of likely N-dealkylation sites (tertiary alicyclic amines) is 1. The molecule has 2 aromatic rings. The Bertz CT molecular complexity index is 863. The van der Waals surface area contributed by atoms with E-state index in [1.54, 1.807) is 19.5 Å². The second kappa shape index (κ2) is 7.66. The topological polar surface area (TPSA) is 45.6 Å². The fraction of sp³-hybridized carbons (Fsp3) is 0.450. The number of amides is 1. The Labute approximate surface area is 156 Å². The lowest BCUT2D eigenvalue weighted by molar-refractivity contribution is -0.162. The number of halogens is 3. The molecule has 0 aliphatic carbocycles. The van der Waals surface area contributed by atoms with Crippen molar-refractivity contribution in [3.05, 3.63) is 41.6 Å². The number of hydrogen-bond acceptors (Lipinski definition) is 3. The van der Waals surface area contributed by atoms with E-state index in [-0.39, 0.29) is 11.8 Å². The smallest absolute Gasteiger partial charge is 0.342 e. The molecule has 2 heterocycles.